The number of phenolic OH excluding ortho intramolecular Hbond substituents is 1. The number of benzene rings is 2. The van der Waals surface area contributed by atoms with Crippen LogP contribution in [-0.4, -0.2) is 135 Å². The number of halogens is 1. The van der Waals surface area contributed by atoms with Gasteiger partial charge in [0.15, 0.2) is 0 Å². The third-order valence-electron chi connectivity index (χ3n) is 12.2. The first-order valence-electron chi connectivity index (χ1n) is 23.5. The highest BCUT2D eigenvalue weighted by molar-refractivity contribution is 9.10. The van der Waals surface area contributed by atoms with E-state index in [4.69, 9.17) is 4.74 Å². The topological polar surface area (TPSA) is 282 Å². The molecule has 0 spiro atoms. The Morgan fingerprint density at radius 1 is 0.871 bits per heavy atom. The van der Waals surface area contributed by atoms with Crippen molar-refractivity contribution in [1.29, 1.82) is 0 Å². The van der Waals surface area contributed by atoms with Crippen molar-refractivity contribution in [3.05, 3.63) is 75.9 Å². The third-order valence-corrected chi connectivity index (χ3v) is 12.8. The summed E-state index contributed by atoms with van der Waals surface area (Å²) >= 11 is 3.30. The number of fused-ring (bicyclic) bond motifs is 2. The highest BCUT2D eigenvalue weighted by Crippen LogP contribution is 2.28. The zero-order valence-electron chi connectivity index (χ0n) is 41.0. The van der Waals surface area contributed by atoms with E-state index in [1.165, 1.54) is 40.0 Å². The number of aromatic hydroxyl groups is 1. The molecule has 70 heavy (non-hydrogen) atoms. The van der Waals surface area contributed by atoms with Crippen molar-refractivity contribution in [2.24, 2.45) is 11.8 Å². The van der Waals surface area contributed by atoms with Gasteiger partial charge in [-0.2, -0.15) is 0 Å². The summed E-state index contributed by atoms with van der Waals surface area (Å²) in [5.41, 5.74) is 0.712. The molecule has 2 bridgehead atoms. The van der Waals surface area contributed by atoms with E-state index in [0.717, 1.165) is 9.80 Å². The van der Waals surface area contributed by atoms with E-state index in [0.29, 0.717) is 22.0 Å². The number of esters is 1. The lowest BCUT2D eigenvalue weighted by Gasteiger charge is -2.43. The van der Waals surface area contributed by atoms with Crippen LogP contribution in [-0.2, 0) is 60.7 Å². The summed E-state index contributed by atoms with van der Waals surface area (Å²) in [4.78, 5) is 129. The second-order valence-corrected chi connectivity index (χ2v) is 19.2. The van der Waals surface area contributed by atoms with E-state index in [1.54, 1.807) is 77.1 Å². The van der Waals surface area contributed by atoms with E-state index in [-0.39, 0.29) is 49.5 Å². The van der Waals surface area contributed by atoms with Crippen LogP contribution in [0.1, 0.15) is 92.2 Å². The van der Waals surface area contributed by atoms with Gasteiger partial charge in [-0.05, 0) is 91.1 Å². The maximum atomic E-state index is 15.0. The number of amides is 8. The lowest BCUT2D eigenvalue weighted by atomic mass is 9.95. The van der Waals surface area contributed by atoms with E-state index in [2.05, 4.69) is 47.8 Å². The smallest absolute Gasteiger partial charge is 0.329 e. The molecule has 2 fully saturated rings. The van der Waals surface area contributed by atoms with Crippen molar-refractivity contribution in [2.45, 2.75) is 149 Å². The second kappa shape index (κ2) is 25.5. The van der Waals surface area contributed by atoms with Crippen LogP contribution in [0.5, 0.6) is 5.75 Å². The fourth-order valence-electron chi connectivity index (χ4n) is 8.07. The number of ether oxygens (including phenoxy) is 1. The zero-order valence-corrected chi connectivity index (χ0v) is 42.6. The molecule has 2 heterocycles. The third kappa shape index (κ3) is 14.6. The molecule has 2 aliphatic rings. The van der Waals surface area contributed by atoms with Gasteiger partial charge in [0.05, 0.1) is 4.47 Å². The average molecular weight is 1040 g/mol. The van der Waals surface area contributed by atoms with Crippen molar-refractivity contribution >= 4 is 69.2 Å². The number of rotatable bonds is 13. The summed E-state index contributed by atoms with van der Waals surface area (Å²) in [6.07, 6.45) is -1.51. The monoisotopic (exact) mass is 1040 g/mol. The minimum atomic E-state index is -1.75. The summed E-state index contributed by atoms with van der Waals surface area (Å²) in [5.74, 6) is -8.72. The molecular weight excluding hydrogens is 972 g/mol. The highest BCUT2D eigenvalue weighted by Gasteiger charge is 2.45. The van der Waals surface area contributed by atoms with Gasteiger partial charge >= 0.3 is 5.97 Å². The number of carbonyl (C=O) groups is 9. The van der Waals surface area contributed by atoms with Crippen LogP contribution in [0, 0.1) is 11.8 Å². The number of cyclic esters (lactones) is 1. The van der Waals surface area contributed by atoms with Crippen molar-refractivity contribution in [2.75, 3.05) is 7.05 Å². The Morgan fingerprint density at radius 3 is 2.13 bits per heavy atom. The van der Waals surface area contributed by atoms with Crippen LogP contribution in [0.15, 0.2) is 64.8 Å². The molecule has 382 valence electrons. The van der Waals surface area contributed by atoms with E-state index in [1.807, 2.05) is 0 Å². The Balaban J connectivity index is 1.83. The molecule has 0 saturated carbocycles. The van der Waals surface area contributed by atoms with Gasteiger partial charge in [0.25, 0.3) is 11.8 Å². The van der Waals surface area contributed by atoms with Gasteiger partial charge in [-0.3, -0.25) is 38.4 Å². The lowest BCUT2D eigenvalue weighted by Crippen LogP contribution is -2.64. The number of aliphatic hydroxyl groups is 1. The number of phenols is 1. The fraction of sp³-hybridized carbons (Fsp3) is 0.531. The fourth-order valence-corrected chi connectivity index (χ4v) is 8.50. The first kappa shape index (κ1) is 56.2. The summed E-state index contributed by atoms with van der Waals surface area (Å²) < 4.78 is 6.16. The Bertz CT molecular complexity index is 2290. The SMILES string of the molecule is CC=C1NC(=O)[C@H](NC(=O)[C@H](NC(=O)[C@@H](C)NC(=O)CCC)C(C)C)[C@@H](C)OC(=O)[C@@H](C(C)C)NC(=O)[C@@H](Cc2ccc(O)c(Br)c2)N(C)C(=O)[C@@H](Cc2ccccc2)N2C(=O)[C@@H](CC[C@@H]2O)NC1=O. The van der Waals surface area contributed by atoms with Gasteiger partial charge in [-0.1, -0.05) is 77.1 Å². The number of nitrogens with zero attached hydrogens (tertiary/aromatic N) is 2. The quantitative estimate of drug-likeness (QED) is 0.105. The van der Waals surface area contributed by atoms with Crippen LogP contribution in [0.2, 0.25) is 0 Å². The number of aliphatic hydroxyl groups excluding tert-OH is 1. The Morgan fingerprint density at radius 2 is 1.53 bits per heavy atom. The molecule has 0 aliphatic carbocycles. The highest BCUT2D eigenvalue weighted by atomic mass is 79.9. The Labute approximate surface area is 416 Å². The first-order chi connectivity index (χ1) is 33.0. The summed E-state index contributed by atoms with van der Waals surface area (Å²) in [7, 11) is 1.35. The predicted octanol–water partition coefficient (Wildman–Crippen LogP) is 1.60. The summed E-state index contributed by atoms with van der Waals surface area (Å²) in [5, 5.41) is 37.3. The van der Waals surface area contributed by atoms with Gasteiger partial charge in [-0.25, -0.2) is 4.79 Å². The molecule has 2 aliphatic heterocycles. The molecule has 20 nitrogen and oxygen atoms in total. The zero-order chi connectivity index (χ0) is 52.1. The van der Waals surface area contributed by atoms with E-state index >= 15 is 4.79 Å². The summed E-state index contributed by atoms with van der Waals surface area (Å²) in [6, 6.07) is 3.53. The van der Waals surface area contributed by atoms with Crippen LogP contribution in [0.25, 0.3) is 0 Å². The minimum Gasteiger partial charge on any atom is -0.507 e. The van der Waals surface area contributed by atoms with Crippen molar-refractivity contribution in [3.63, 3.8) is 0 Å². The van der Waals surface area contributed by atoms with Crippen LogP contribution < -0.4 is 31.9 Å². The number of hydrogen-bond donors (Lipinski definition) is 8. The number of hydrogen-bond acceptors (Lipinski definition) is 12. The molecule has 0 unspecified atom stereocenters. The maximum absolute atomic E-state index is 15.0. The molecule has 4 rings (SSSR count). The molecule has 2 aromatic carbocycles. The van der Waals surface area contributed by atoms with Gasteiger partial charge in [0.2, 0.25) is 35.4 Å². The largest absolute Gasteiger partial charge is 0.507 e. The summed E-state index contributed by atoms with van der Waals surface area (Å²) in [6.45, 7) is 12.5. The number of likely N-dealkylation sites (N-methyl/N-ethyl adjacent to an activating group) is 1. The predicted molar refractivity (Wildman–Crippen MR) is 259 cm³/mol. The molecule has 8 N–H and O–H groups in total. The molecule has 2 aromatic rings. The van der Waals surface area contributed by atoms with Crippen molar-refractivity contribution in [3.8, 4) is 5.75 Å². The van der Waals surface area contributed by atoms with Crippen LogP contribution in [0.4, 0.5) is 0 Å². The van der Waals surface area contributed by atoms with Gasteiger partial charge in [0, 0.05) is 26.3 Å². The molecular formula is C49H67BrN8O12. The van der Waals surface area contributed by atoms with Gasteiger partial charge in [-0.15, -0.1) is 0 Å². The number of nitrogens with one attached hydrogen (secondary N) is 6. The van der Waals surface area contributed by atoms with E-state index < -0.39 is 114 Å². The number of allylic oxidation sites excluding steroid dienone is 1. The normalized spacial score (nSPS) is 24.6. The maximum Gasteiger partial charge on any atom is 0.329 e. The van der Waals surface area contributed by atoms with Crippen LogP contribution >= 0.6 is 15.9 Å². The van der Waals surface area contributed by atoms with Gasteiger partial charge < -0.3 is 56.7 Å². The standard InChI is InChI=1S/C49H67BrN8O12/c1-10-15-37(60)51-27(7)42(62)54-39(25(3)4)45(65)56-41-28(8)70-49(69)40(26(5)6)55-44(64)34(24-30-18-20-36(59)31(50)22-30)57(9)48(68)35(23-29-16-13-12-14-17-29)58-38(61)21-19-33(47(58)67)53-43(63)32(11-2)52-46(41)66/h11-14,16-18,20,22,25-28,33-35,38-41,59,61H,10,15,19,21,23-24H2,1-9H3,(H,51,60)(H,52,66)(H,53,63)(H,54,62)(H,55,64)(H,56,65)/t27-,28-,33-,34-,35-,38+,39-,40-,41-/m1/s1. The van der Waals surface area contributed by atoms with Crippen LogP contribution in [0.3, 0.4) is 0 Å². The number of carbonyl (C=O) groups excluding carboxylic acids is 9. The van der Waals surface area contributed by atoms with Gasteiger partial charge in [0.1, 0.15) is 66.1 Å². The van der Waals surface area contributed by atoms with E-state index in [9.17, 15) is 48.6 Å². The molecule has 21 heteroatoms. The average Bonchev–Trinajstić information content (AvgIpc) is 3.30. The second-order valence-electron chi connectivity index (χ2n) is 18.3. The Kier molecular flexibility index (Phi) is 20.5. The molecule has 9 atom stereocenters. The number of piperidine rings is 1. The first-order valence-corrected chi connectivity index (χ1v) is 24.3. The van der Waals surface area contributed by atoms with Crippen molar-refractivity contribution < 1.29 is 58.1 Å². The lowest BCUT2D eigenvalue weighted by molar-refractivity contribution is -0.165. The Hall–Kier alpha value is -6.35. The molecule has 2 saturated heterocycles. The molecule has 0 aromatic heterocycles. The molecule has 0 radical (unpaired) electrons. The minimum absolute atomic E-state index is 0.0680. The van der Waals surface area contributed by atoms with Crippen molar-refractivity contribution in [1.82, 2.24) is 41.7 Å². The molecule has 8 amide bonds.